The molecule has 3 rings (SSSR count). The highest BCUT2D eigenvalue weighted by atomic mass is 16.5. The summed E-state index contributed by atoms with van der Waals surface area (Å²) in [7, 11) is 1.61. The molecule has 6 nitrogen and oxygen atoms in total. The summed E-state index contributed by atoms with van der Waals surface area (Å²) in [5.74, 6) is -1.29. The fraction of sp³-hybridized carbons (Fsp3) is 0.167. The first-order valence-electron chi connectivity index (χ1n) is 7.35. The second-order valence-electron chi connectivity index (χ2n) is 5.52. The first-order valence-corrected chi connectivity index (χ1v) is 7.35. The van der Waals surface area contributed by atoms with Gasteiger partial charge in [0.15, 0.2) is 11.9 Å². The zero-order chi connectivity index (χ0) is 17.4. The van der Waals surface area contributed by atoms with Gasteiger partial charge in [0.25, 0.3) is 5.91 Å². The minimum absolute atomic E-state index is 0.0606. The Morgan fingerprint density at radius 3 is 2.46 bits per heavy atom. The molecule has 1 aliphatic rings. The van der Waals surface area contributed by atoms with Crippen LogP contribution in [0, 0.1) is 0 Å². The Bertz CT molecular complexity index is 858. The molecule has 1 N–H and O–H groups in total. The lowest BCUT2D eigenvalue weighted by atomic mass is 9.97. The second kappa shape index (κ2) is 5.81. The van der Waals surface area contributed by atoms with Crippen molar-refractivity contribution in [3.8, 4) is 5.75 Å². The summed E-state index contributed by atoms with van der Waals surface area (Å²) in [4.78, 5) is 37.5. The number of carbonyl (C=O) groups excluding carboxylic acids is 2. The van der Waals surface area contributed by atoms with Crippen molar-refractivity contribution in [1.82, 2.24) is 0 Å². The maximum absolute atomic E-state index is 12.7. The van der Waals surface area contributed by atoms with Gasteiger partial charge in [0, 0.05) is 18.2 Å². The quantitative estimate of drug-likeness (QED) is 0.876. The van der Waals surface area contributed by atoms with Crippen molar-refractivity contribution < 1.29 is 24.2 Å². The summed E-state index contributed by atoms with van der Waals surface area (Å²) in [5, 5.41) is 9.23. The highest BCUT2D eigenvalue weighted by Gasteiger charge is 2.29. The monoisotopic (exact) mass is 325 g/mol. The molecular formula is C18H15NO5. The van der Waals surface area contributed by atoms with Gasteiger partial charge in [0.2, 0.25) is 0 Å². The van der Waals surface area contributed by atoms with E-state index in [1.54, 1.807) is 44.3 Å². The van der Waals surface area contributed by atoms with Crippen molar-refractivity contribution in [3.63, 3.8) is 0 Å². The van der Waals surface area contributed by atoms with Gasteiger partial charge in [-0.1, -0.05) is 18.2 Å². The molecule has 0 bridgehead atoms. The van der Waals surface area contributed by atoms with Gasteiger partial charge in [0.05, 0.1) is 11.3 Å². The number of anilines is 1. The van der Waals surface area contributed by atoms with Crippen LogP contribution in [0.2, 0.25) is 0 Å². The van der Waals surface area contributed by atoms with E-state index in [4.69, 9.17) is 4.74 Å². The number of benzene rings is 2. The first kappa shape index (κ1) is 15.7. The minimum atomic E-state index is -1.17. The largest absolute Gasteiger partial charge is 0.479 e. The number of ether oxygens (including phenoxy) is 1. The van der Waals surface area contributed by atoms with Gasteiger partial charge in [-0.2, -0.15) is 0 Å². The van der Waals surface area contributed by atoms with E-state index in [9.17, 15) is 19.5 Å². The fourth-order valence-corrected chi connectivity index (χ4v) is 2.68. The minimum Gasteiger partial charge on any atom is -0.479 e. The van der Waals surface area contributed by atoms with E-state index in [2.05, 4.69) is 0 Å². The number of hydrogen-bond donors (Lipinski definition) is 1. The average molecular weight is 325 g/mol. The molecule has 6 heteroatoms. The third-order valence-corrected chi connectivity index (χ3v) is 3.97. The van der Waals surface area contributed by atoms with Gasteiger partial charge >= 0.3 is 5.97 Å². The maximum atomic E-state index is 12.7. The topological polar surface area (TPSA) is 83.9 Å². The molecule has 2 aromatic rings. The molecule has 122 valence electrons. The molecule has 0 unspecified atom stereocenters. The lowest BCUT2D eigenvalue weighted by molar-refractivity contribution is -0.125. The third-order valence-electron chi connectivity index (χ3n) is 3.97. The number of hydrogen-bond acceptors (Lipinski definition) is 4. The highest BCUT2D eigenvalue weighted by Crippen LogP contribution is 2.34. The number of aromatic carboxylic acids is 1. The van der Waals surface area contributed by atoms with Crippen LogP contribution in [0.25, 0.3) is 0 Å². The molecule has 0 aliphatic carbocycles. The van der Waals surface area contributed by atoms with Gasteiger partial charge < -0.3 is 14.7 Å². The number of nitrogens with zero attached hydrogens (tertiary/aromatic N) is 1. The van der Waals surface area contributed by atoms with Crippen molar-refractivity contribution >= 4 is 23.3 Å². The molecule has 2 aromatic carbocycles. The lowest BCUT2D eigenvalue weighted by Gasteiger charge is -2.30. The van der Waals surface area contributed by atoms with Crippen molar-refractivity contribution in [2.45, 2.75) is 13.0 Å². The summed E-state index contributed by atoms with van der Waals surface area (Å²) in [6, 6.07) is 10.8. The normalized spacial score (nSPS) is 16.3. The van der Waals surface area contributed by atoms with E-state index >= 15 is 0 Å². The smallest absolute Gasteiger partial charge is 0.336 e. The van der Waals surface area contributed by atoms with Crippen LogP contribution < -0.4 is 9.64 Å². The highest BCUT2D eigenvalue weighted by molar-refractivity contribution is 6.15. The number of ketones is 1. The molecule has 0 aromatic heterocycles. The van der Waals surface area contributed by atoms with Crippen molar-refractivity contribution in [2.24, 2.45) is 0 Å². The van der Waals surface area contributed by atoms with Crippen molar-refractivity contribution in [2.75, 3.05) is 11.9 Å². The predicted octanol–water partition coefficient (Wildman–Crippen LogP) is 2.36. The third kappa shape index (κ3) is 2.52. The van der Waals surface area contributed by atoms with Crippen molar-refractivity contribution in [3.05, 3.63) is 59.2 Å². The molecule has 0 radical (unpaired) electrons. The van der Waals surface area contributed by atoms with E-state index in [1.807, 2.05) is 0 Å². The number of rotatable bonds is 3. The summed E-state index contributed by atoms with van der Waals surface area (Å²) in [6.45, 7) is 1.66. The number of carboxylic acid groups (broad SMARTS) is 1. The zero-order valence-electron chi connectivity index (χ0n) is 13.1. The molecule has 1 heterocycles. The van der Waals surface area contributed by atoms with E-state index in [0.717, 1.165) is 0 Å². The number of likely N-dealkylation sites (N-methyl/N-ethyl adjacent to an activating group) is 1. The average Bonchev–Trinajstić information content (AvgIpc) is 2.59. The Balaban J connectivity index is 2.05. The predicted molar refractivity (Wildman–Crippen MR) is 86.8 cm³/mol. The van der Waals surface area contributed by atoms with E-state index < -0.39 is 17.9 Å². The molecule has 1 atom stereocenters. The van der Waals surface area contributed by atoms with E-state index in [-0.39, 0.29) is 17.0 Å². The van der Waals surface area contributed by atoms with Crippen LogP contribution in [0.5, 0.6) is 5.75 Å². The molecule has 1 amide bonds. The van der Waals surface area contributed by atoms with Crippen LogP contribution in [0.15, 0.2) is 42.5 Å². The lowest BCUT2D eigenvalue weighted by Crippen LogP contribution is -2.42. The van der Waals surface area contributed by atoms with E-state index in [1.165, 1.54) is 17.0 Å². The number of fused-ring (bicyclic) bond motifs is 1. The molecule has 0 saturated carbocycles. The van der Waals surface area contributed by atoms with Crippen LogP contribution in [0.1, 0.15) is 33.2 Å². The number of amides is 1. The number of carbonyl (C=O) groups is 3. The van der Waals surface area contributed by atoms with Crippen LogP contribution in [0.3, 0.4) is 0 Å². The van der Waals surface area contributed by atoms with Crippen molar-refractivity contribution in [1.29, 1.82) is 0 Å². The van der Waals surface area contributed by atoms with E-state index in [0.29, 0.717) is 17.0 Å². The van der Waals surface area contributed by atoms with Crippen LogP contribution in [-0.4, -0.2) is 35.9 Å². The summed E-state index contributed by atoms with van der Waals surface area (Å²) >= 11 is 0. The Morgan fingerprint density at radius 1 is 1.12 bits per heavy atom. The first-order chi connectivity index (χ1) is 11.4. The summed E-state index contributed by atoms with van der Waals surface area (Å²) in [5.41, 5.74) is 0.815. The maximum Gasteiger partial charge on any atom is 0.336 e. The second-order valence-corrected chi connectivity index (χ2v) is 5.52. The van der Waals surface area contributed by atoms with Gasteiger partial charge in [-0.3, -0.25) is 9.59 Å². The van der Waals surface area contributed by atoms with Gasteiger partial charge in [-0.25, -0.2) is 4.79 Å². The molecule has 0 spiro atoms. The Labute approximate surface area is 138 Å². The Hall–Kier alpha value is -3.15. The van der Waals surface area contributed by atoms with Crippen LogP contribution in [0.4, 0.5) is 5.69 Å². The fourth-order valence-electron chi connectivity index (χ4n) is 2.68. The standard InChI is InChI=1S/C18H15NO5/c1-10-17(21)19(2)14-9-11(7-8-15(14)24-10)16(20)12-5-3-4-6-13(12)18(22)23/h3-10H,1-2H3,(H,22,23)/t10-/m0/s1. The molecule has 0 saturated heterocycles. The van der Waals surface area contributed by atoms with Crippen LogP contribution in [-0.2, 0) is 4.79 Å². The SMILES string of the molecule is C[C@@H]1Oc2ccc(C(=O)c3ccccc3C(=O)O)cc2N(C)C1=O. The zero-order valence-corrected chi connectivity index (χ0v) is 13.1. The molecule has 1 aliphatic heterocycles. The van der Waals surface area contributed by atoms with Crippen LogP contribution >= 0.6 is 0 Å². The Kier molecular flexibility index (Phi) is 3.81. The summed E-state index contributed by atoms with van der Waals surface area (Å²) in [6.07, 6.45) is -0.586. The van der Waals surface area contributed by atoms with Gasteiger partial charge in [-0.05, 0) is 31.2 Å². The molecule has 24 heavy (non-hydrogen) atoms. The molecular weight excluding hydrogens is 310 g/mol. The number of carboxylic acids is 1. The van der Waals surface area contributed by atoms with Gasteiger partial charge in [0.1, 0.15) is 5.75 Å². The molecule has 0 fully saturated rings. The van der Waals surface area contributed by atoms with Gasteiger partial charge in [-0.15, -0.1) is 0 Å². The Morgan fingerprint density at radius 2 is 1.79 bits per heavy atom. The summed E-state index contributed by atoms with van der Waals surface area (Å²) < 4.78 is 5.52.